The van der Waals surface area contributed by atoms with Gasteiger partial charge in [-0.25, -0.2) is 4.79 Å². The Labute approximate surface area is 159 Å². The lowest BCUT2D eigenvalue weighted by Gasteiger charge is -2.13. The van der Waals surface area contributed by atoms with Crippen LogP contribution in [-0.2, 0) is 9.59 Å². The molecule has 1 N–H and O–H groups in total. The van der Waals surface area contributed by atoms with Gasteiger partial charge in [0.1, 0.15) is 11.5 Å². The van der Waals surface area contributed by atoms with Crippen LogP contribution in [0.2, 0.25) is 0 Å². The predicted molar refractivity (Wildman–Crippen MR) is 98.3 cm³/mol. The quantitative estimate of drug-likeness (QED) is 0.502. The number of nitrogens with zero attached hydrogens (tertiary/aromatic N) is 2. The lowest BCUT2D eigenvalue weighted by molar-refractivity contribution is -0.140. The smallest absolute Gasteiger partial charge is 0.336 e. The van der Waals surface area contributed by atoms with Crippen molar-refractivity contribution in [1.29, 1.82) is 0 Å². The van der Waals surface area contributed by atoms with Gasteiger partial charge >= 0.3 is 5.97 Å². The van der Waals surface area contributed by atoms with Gasteiger partial charge in [0.2, 0.25) is 0 Å². The van der Waals surface area contributed by atoms with Gasteiger partial charge in [-0.3, -0.25) is 9.59 Å². The molecule has 2 heterocycles. The van der Waals surface area contributed by atoms with Crippen molar-refractivity contribution in [3.8, 4) is 11.3 Å². The number of hydrogen-bond acceptors (Lipinski definition) is 5. The van der Waals surface area contributed by atoms with Crippen LogP contribution in [0.15, 0.2) is 58.1 Å². The molecule has 28 heavy (non-hydrogen) atoms. The number of furan rings is 1. The van der Waals surface area contributed by atoms with Gasteiger partial charge in [-0.05, 0) is 36.5 Å². The molecule has 4 unspecified atom stereocenters. The summed E-state index contributed by atoms with van der Waals surface area (Å²) in [5.41, 5.74) is 0.571. The lowest BCUT2D eigenvalue weighted by Crippen LogP contribution is -2.28. The minimum atomic E-state index is -1.05. The second-order valence-corrected chi connectivity index (χ2v) is 7.29. The van der Waals surface area contributed by atoms with E-state index in [0.717, 1.165) is 11.4 Å². The maximum Gasteiger partial charge on any atom is 0.336 e. The standard InChI is InChI=1S/C21H16N2O5/c24-19-17-11-5-6-12(9-11)18(17)20(25)23(19)22-10-13-7-8-16(28-13)14-3-1-2-4-15(14)21(26)27/h1-8,10-12,17-18H,9H2,(H,26,27)/b22-10+. The van der Waals surface area contributed by atoms with E-state index in [9.17, 15) is 19.5 Å². The molecule has 5 rings (SSSR count). The lowest BCUT2D eigenvalue weighted by atomic mass is 9.85. The van der Waals surface area contributed by atoms with Gasteiger partial charge in [-0.15, -0.1) is 0 Å². The molecule has 0 spiro atoms. The van der Waals surface area contributed by atoms with E-state index in [2.05, 4.69) is 5.10 Å². The third-order valence-electron chi connectivity index (χ3n) is 5.80. The number of rotatable bonds is 4. The Bertz CT molecular complexity index is 1040. The summed E-state index contributed by atoms with van der Waals surface area (Å²) < 4.78 is 5.67. The zero-order chi connectivity index (χ0) is 19.4. The van der Waals surface area contributed by atoms with Crippen LogP contribution in [0.25, 0.3) is 11.3 Å². The highest BCUT2D eigenvalue weighted by atomic mass is 16.4. The monoisotopic (exact) mass is 376 g/mol. The number of benzene rings is 1. The van der Waals surface area contributed by atoms with E-state index < -0.39 is 5.97 Å². The molecule has 4 atom stereocenters. The van der Waals surface area contributed by atoms with Gasteiger partial charge in [0.05, 0.1) is 23.6 Å². The fraction of sp³-hybridized carbons (Fsp3) is 0.238. The molecule has 1 aromatic heterocycles. The number of carbonyl (C=O) groups is 3. The SMILES string of the molecule is O=C(O)c1ccccc1-c1ccc(/C=N/N2C(=O)C3C4C=CC(C4)C3C2=O)o1. The number of carbonyl (C=O) groups excluding carboxylic acids is 2. The summed E-state index contributed by atoms with van der Waals surface area (Å²) >= 11 is 0. The Balaban J connectivity index is 1.39. The first-order valence-electron chi connectivity index (χ1n) is 9.07. The van der Waals surface area contributed by atoms with Crippen molar-refractivity contribution in [2.24, 2.45) is 28.8 Å². The number of carboxylic acid groups (broad SMARTS) is 1. The normalized spacial score (nSPS) is 27.9. The Hall–Kier alpha value is -3.48. The molecule has 1 aromatic carbocycles. The van der Waals surface area contributed by atoms with Crippen molar-refractivity contribution in [3.05, 3.63) is 59.9 Å². The number of amides is 2. The highest BCUT2D eigenvalue weighted by Crippen LogP contribution is 2.52. The third-order valence-corrected chi connectivity index (χ3v) is 5.80. The first-order chi connectivity index (χ1) is 13.5. The molecule has 7 heteroatoms. The van der Waals surface area contributed by atoms with Crippen LogP contribution >= 0.6 is 0 Å². The van der Waals surface area contributed by atoms with Crippen LogP contribution in [0.5, 0.6) is 0 Å². The molecule has 1 aliphatic heterocycles. The molecular formula is C21H16N2O5. The zero-order valence-electron chi connectivity index (χ0n) is 14.7. The topological polar surface area (TPSA) is 100 Å². The maximum absolute atomic E-state index is 12.6. The molecule has 2 fully saturated rings. The maximum atomic E-state index is 12.6. The Morgan fingerprint density at radius 2 is 1.75 bits per heavy atom. The number of hydrazone groups is 1. The van der Waals surface area contributed by atoms with Crippen molar-refractivity contribution in [1.82, 2.24) is 5.01 Å². The number of imide groups is 1. The van der Waals surface area contributed by atoms with Gasteiger partial charge in [-0.2, -0.15) is 10.1 Å². The zero-order valence-corrected chi connectivity index (χ0v) is 14.7. The summed E-state index contributed by atoms with van der Waals surface area (Å²) in [6, 6.07) is 9.77. The van der Waals surface area contributed by atoms with E-state index in [0.29, 0.717) is 17.1 Å². The summed E-state index contributed by atoms with van der Waals surface area (Å²) in [4.78, 5) is 36.6. The van der Waals surface area contributed by atoms with Crippen molar-refractivity contribution in [2.45, 2.75) is 6.42 Å². The molecule has 1 saturated heterocycles. The number of aromatic carboxylic acids is 1. The first-order valence-corrected chi connectivity index (χ1v) is 9.07. The molecule has 140 valence electrons. The van der Waals surface area contributed by atoms with Crippen molar-refractivity contribution in [3.63, 3.8) is 0 Å². The number of carboxylic acids is 1. The minimum absolute atomic E-state index is 0.126. The third kappa shape index (κ3) is 2.36. The Morgan fingerprint density at radius 1 is 1.07 bits per heavy atom. The summed E-state index contributed by atoms with van der Waals surface area (Å²) in [5, 5.41) is 14.3. The number of hydrogen-bond donors (Lipinski definition) is 1. The highest BCUT2D eigenvalue weighted by molar-refractivity contribution is 6.06. The van der Waals surface area contributed by atoms with E-state index in [-0.39, 0.29) is 41.0 Å². The van der Waals surface area contributed by atoms with E-state index in [1.54, 1.807) is 30.3 Å². The predicted octanol–water partition coefficient (Wildman–Crippen LogP) is 2.79. The molecule has 2 amide bonds. The second kappa shape index (κ2) is 6.02. The summed E-state index contributed by atoms with van der Waals surface area (Å²) in [6.07, 6.45) is 6.25. The molecule has 2 bridgehead atoms. The summed E-state index contributed by atoms with van der Waals surface area (Å²) in [7, 11) is 0. The van der Waals surface area contributed by atoms with Gasteiger partial charge in [0, 0.05) is 5.56 Å². The molecule has 2 aromatic rings. The van der Waals surface area contributed by atoms with E-state index in [4.69, 9.17) is 4.42 Å². The Kier molecular flexibility index (Phi) is 3.58. The second-order valence-electron chi connectivity index (χ2n) is 7.29. The van der Waals surface area contributed by atoms with Crippen molar-refractivity contribution in [2.75, 3.05) is 0 Å². The van der Waals surface area contributed by atoms with Gasteiger partial charge < -0.3 is 9.52 Å². The van der Waals surface area contributed by atoms with Crippen LogP contribution in [0.3, 0.4) is 0 Å². The minimum Gasteiger partial charge on any atom is -0.478 e. The largest absolute Gasteiger partial charge is 0.478 e. The first kappa shape index (κ1) is 16.7. The van der Waals surface area contributed by atoms with Crippen LogP contribution < -0.4 is 0 Å². The van der Waals surface area contributed by atoms with Crippen molar-refractivity contribution < 1.29 is 23.9 Å². The molecular weight excluding hydrogens is 360 g/mol. The summed E-state index contributed by atoms with van der Waals surface area (Å²) in [5.74, 6) is -1.19. The van der Waals surface area contributed by atoms with E-state index in [1.807, 2.05) is 12.2 Å². The van der Waals surface area contributed by atoms with E-state index in [1.165, 1.54) is 12.3 Å². The Morgan fingerprint density at radius 3 is 2.43 bits per heavy atom. The van der Waals surface area contributed by atoms with Crippen LogP contribution in [0, 0.1) is 23.7 Å². The van der Waals surface area contributed by atoms with E-state index >= 15 is 0 Å². The fourth-order valence-corrected chi connectivity index (χ4v) is 4.57. The fourth-order valence-electron chi connectivity index (χ4n) is 4.57. The summed E-state index contributed by atoms with van der Waals surface area (Å²) in [6.45, 7) is 0. The van der Waals surface area contributed by atoms with Crippen LogP contribution in [-0.4, -0.2) is 34.1 Å². The molecule has 7 nitrogen and oxygen atoms in total. The molecule has 0 radical (unpaired) electrons. The van der Waals surface area contributed by atoms with Crippen LogP contribution in [0.4, 0.5) is 0 Å². The molecule has 2 aliphatic carbocycles. The van der Waals surface area contributed by atoms with Crippen molar-refractivity contribution >= 4 is 24.0 Å². The average molecular weight is 376 g/mol. The number of allylic oxidation sites excluding steroid dienone is 2. The van der Waals surface area contributed by atoms with Gasteiger partial charge in [0.15, 0.2) is 0 Å². The molecule has 3 aliphatic rings. The highest BCUT2D eigenvalue weighted by Gasteiger charge is 2.59. The van der Waals surface area contributed by atoms with Gasteiger partial charge in [-0.1, -0.05) is 30.4 Å². The van der Waals surface area contributed by atoms with Crippen LogP contribution in [0.1, 0.15) is 22.5 Å². The molecule has 1 saturated carbocycles. The van der Waals surface area contributed by atoms with Gasteiger partial charge in [0.25, 0.3) is 11.8 Å². The average Bonchev–Trinajstić information content (AvgIpc) is 3.46. The number of fused-ring (bicyclic) bond motifs is 5.